The number of amides is 1. The fourth-order valence-corrected chi connectivity index (χ4v) is 8.33. The Morgan fingerprint density at radius 3 is 2.64 bits per heavy atom. The molecule has 3 aliphatic carbocycles. The van der Waals surface area contributed by atoms with E-state index >= 15 is 0 Å². The lowest BCUT2D eigenvalue weighted by molar-refractivity contribution is -0.152. The largest absolute Gasteiger partial charge is 0.497 e. The minimum atomic E-state index is -0.956. The van der Waals surface area contributed by atoms with Gasteiger partial charge in [0.2, 0.25) is 0 Å². The van der Waals surface area contributed by atoms with Crippen molar-refractivity contribution >= 4 is 34.2 Å². The molecular formula is C28H33NO6S. The second-order valence-corrected chi connectivity index (χ2v) is 11.2. The number of hydrogen-bond donors (Lipinski definition) is 1. The fourth-order valence-electron chi connectivity index (χ4n) is 6.96. The molecule has 0 spiro atoms. The van der Waals surface area contributed by atoms with E-state index in [2.05, 4.69) is 30.4 Å². The fraction of sp³-hybridized carbons (Fsp3) is 0.536. The van der Waals surface area contributed by atoms with E-state index in [-0.39, 0.29) is 18.6 Å². The average molecular weight is 512 g/mol. The topological polar surface area (TPSA) is 90.9 Å². The van der Waals surface area contributed by atoms with Crippen LogP contribution in [0.25, 0.3) is 0 Å². The number of fused-ring (bicyclic) bond motifs is 7. The highest BCUT2D eigenvalue weighted by molar-refractivity contribution is 7.17. The van der Waals surface area contributed by atoms with Gasteiger partial charge in [0.15, 0.2) is 0 Å². The molecule has 0 unspecified atom stereocenters. The molecule has 1 heterocycles. The summed E-state index contributed by atoms with van der Waals surface area (Å²) in [6.07, 6.45) is 5.00. The number of methoxy groups -OCH3 is 1. The van der Waals surface area contributed by atoms with Crippen molar-refractivity contribution in [2.24, 2.45) is 11.8 Å². The highest BCUT2D eigenvalue weighted by Gasteiger charge is 2.55. The van der Waals surface area contributed by atoms with Gasteiger partial charge < -0.3 is 19.5 Å². The van der Waals surface area contributed by atoms with Crippen LogP contribution >= 0.6 is 11.3 Å². The van der Waals surface area contributed by atoms with E-state index in [1.165, 1.54) is 22.5 Å². The molecule has 192 valence electrons. The molecule has 2 aromatic rings. The summed E-state index contributed by atoms with van der Waals surface area (Å²) in [7, 11) is 1.71. The summed E-state index contributed by atoms with van der Waals surface area (Å²) in [6.45, 7) is 6.03. The molecule has 1 amide bonds. The van der Waals surface area contributed by atoms with Crippen molar-refractivity contribution in [2.45, 2.75) is 64.2 Å². The smallest absolute Gasteiger partial charge is 0.397 e. The maximum atomic E-state index is 13.2. The number of nitrogens with one attached hydrogen (secondary N) is 1. The lowest BCUT2D eigenvalue weighted by atomic mass is 9.54. The standard InChI is InChI=1S/C28H33NO6S/c1-5-34-26(31)22-23-21(36-25(22)29-24(30)27(32)35-6-2)14-20-19-9-7-15-13-16(33-4)8-10-17(15)18(19)11-12-28(20,23)3/h8,10,13,18-20H,5-7,9,11-12,14H2,1-4H3,(H,29,30)/t18-,19+,20+,28-/m1/s1. The van der Waals surface area contributed by atoms with E-state index in [9.17, 15) is 14.4 Å². The molecule has 36 heavy (non-hydrogen) atoms. The first-order chi connectivity index (χ1) is 17.3. The quantitative estimate of drug-likeness (QED) is 0.449. The van der Waals surface area contributed by atoms with Gasteiger partial charge in [0.1, 0.15) is 10.8 Å². The molecule has 0 radical (unpaired) electrons. The van der Waals surface area contributed by atoms with E-state index < -0.39 is 17.8 Å². The van der Waals surface area contributed by atoms with E-state index in [0.717, 1.165) is 48.3 Å². The normalized spacial score (nSPS) is 25.6. The number of aryl methyl sites for hydroxylation is 1. The Hall–Kier alpha value is -2.87. The second-order valence-electron chi connectivity index (χ2n) is 10.1. The molecule has 5 rings (SSSR count). The number of esters is 2. The molecule has 1 saturated carbocycles. The van der Waals surface area contributed by atoms with Crippen LogP contribution in [-0.4, -0.2) is 38.2 Å². The maximum Gasteiger partial charge on any atom is 0.397 e. The average Bonchev–Trinajstić information content (AvgIpc) is 3.37. The Labute approximate surface area is 215 Å². The Morgan fingerprint density at radius 2 is 1.92 bits per heavy atom. The number of thiophene rings is 1. The van der Waals surface area contributed by atoms with Gasteiger partial charge in [-0.05, 0) is 97.9 Å². The summed E-state index contributed by atoms with van der Waals surface area (Å²) < 4.78 is 15.7. The molecule has 8 heteroatoms. The third-order valence-electron chi connectivity index (χ3n) is 8.45. The molecule has 1 aromatic carbocycles. The van der Waals surface area contributed by atoms with Gasteiger partial charge in [-0.25, -0.2) is 9.59 Å². The van der Waals surface area contributed by atoms with Gasteiger partial charge >= 0.3 is 17.8 Å². The van der Waals surface area contributed by atoms with Gasteiger partial charge in [0, 0.05) is 4.88 Å². The van der Waals surface area contributed by atoms with Gasteiger partial charge in [-0.1, -0.05) is 13.0 Å². The number of benzene rings is 1. The van der Waals surface area contributed by atoms with Gasteiger partial charge in [-0.2, -0.15) is 0 Å². The summed E-state index contributed by atoms with van der Waals surface area (Å²) in [6, 6.07) is 6.49. The van der Waals surface area contributed by atoms with Crippen LogP contribution in [0, 0.1) is 11.8 Å². The van der Waals surface area contributed by atoms with Crippen molar-refractivity contribution < 1.29 is 28.6 Å². The van der Waals surface area contributed by atoms with Crippen molar-refractivity contribution in [3.63, 3.8) is 0 Å². The number of anilines is 1. The number of ether oxygens (including phenoxy) is 3. The summed E-state index contributed by atoms with van der Waals surface area (Å²) in [4.78, 5) is 38.7. The summed E-state index contributed by atoms with van der Waals surface area (Å²) in [5, 5.41) is 3.04. The minimum Gasteiger partial charge on any atom is -0.497 e. The zero-order valence-electron chi connectivity index (χ0n) is 21.3. The third kappa shape index (κ3) is 3.90. The molecule has 1 aromatic heterocycles. The zero-order chi connectivity index (χ0) is 25.6. The van der Waals surface area contributed by atoms with E-state index in [0.29, 0.717) is 28.3 Å². The molecule has 0 aliphatic heterocycles. The van der Waals surface area contributed by atoms with Crippen LogP contribution in [0.4, 0.5) is 5.00 Å². The van der Waals surface area contributed by atoms with E-state index in [1.54, 1.807) is 21.0 Å². The Balaban J connectivity index is 1.49. The van der Waals surface area contributed by atoms with Gasteiger partial charge in [-0.3, -0.25) is 4.79 Å². The summed E-state index contributed by atoms with van der Waals surface area (Å²) >= 11 is 1.40. The predicted molar refractivity (Wildman–Crippen MR) is 137 cm³/mol. The zero-order valence-corrected chi connectivity index (χ0v) is 22.1. The molecule has 1 fully saturated rings. The van der Waals surface area contributed by atoms with Crippen LogP contribution < -0.4 is 10.1 Å². The van der Waals surface area contributed by atoms with Crippen LogP contribution in [-0.2, 0) is 37.3 Å². The maximum absolute atomic E-state index is 13.2. The molecule has 4 atom stereocenters. The molecule has 0 saturated heterocycles. The summed E-state index contributed by atoms with van der Waals surface area (Å²) in [5.41, 5.74) is 4.07. The molecule has 7 nitrogen and oxygen atoms in total. The highest BCUT2D eigenvalue weighted by atomic mass is 32.1. The first-order valence-corrected chi connectivity index (χ1v) is 13.6. The van der Waals surface area contributed by atoms with Crippen LogP contribution in [0.2, 0.25) is 0 Å². The molecular weight excluding hydrogens is 478 g/mol. The van der Waals surface area contributed by atoms with Crippen LogP contribution in [0.3, 0.4) is 0 Å². The lowest BCUT2D eigenvalue weighted by Gasteiger charge is -2.49. The number of hydrogen-bond acceptors (Lipinski definition) is 7. The van der Waals surface area contributed by atoms with Crippen LogP contribution in [0.5, 0.6) is 5.75 Å². The third-order valence-corrected chi connectivity index (χ3v) is 9.58. The predicted octanol–water partition coefficient (Wildman–Crippen LogP) is 5.01. The first-order valence-electron chi connectivity index (χ1n) is 12.8. The molecule has 3 aliphatic rings. The van der Waals surface area contributed by atoms with Gasteiger partial charge in [0.25, 0.3) is 0 Å². The van der Waals surface area contributed by atoms with Crippen molar-refractivity contribution in [2.75, 3.05) is 25.6 Å². The first kappa shape index (κ1) is 24.8. The number of carbonyl (C=O) groups excluding carboxylic acids is 3. The Morgan fingerprint density at radius 1 is 1.14 bits per heavy atom. The monoisotopic (exact) mass is 511 g/mol. The van der Waals surface area contributed by atoms with E-state index in [1.807, 2.05) is 0 Å². The lowest BCUT2D eigenvalue weighted by Crippen LogP contribution is -2.43. The van der Waals surface area contributed by atoms with Crippen molar-refractivity contribution in [3.05, 3.63) is 45.3 Å². The van der Waals surface area contributed by atoms with Crippen LogP contribution in [0.15, 0.2) is 18.2 Å². The Bertz CT molecular complexity index is 1220. The SMILES string of the molecule is CCOC(=O)C(=O)Nc1sc2c(c1C(=O)OCC)[C@]1(C)CC[C@@H]3c4ccc(OC)cc4CC[C@@H]3[C@@H]1C2. The molecule has 0 bridgehead atoms. The van der Waals surface area contributed by atoms with Crippen molar-refractivity contribution in [1.29, 1.82) is 0 Å². The minimum absolute atomic E-state index is 0.107. The highest BCUT2D eigenvalue weighted by Crippen LogP contribution is 2.63. The van der Waals surface area contributed by atoms with Crippen molar-refractivity contribution in [3.8, 4) is 5.75 Å². The summed E-state index contributed by atoms with van der Waals surface area (Å²) in [5.74, 6) is 0.0787. The van der Waals surface area contributed by atoms with Crippen molar-refractivity contribution in [1.82, 2.24) is 0 Å². The number of carbonyl (C=O) groups is 3. The van der Waals surface area contributed by atoms with Crippen LogP contribution in [0.1, 0.15) is 77.9 Å². The van der Waals surface area contributed by atoms with Gasteiger partial charge in [0.05, 0.1) is 25.9 Å². The van der Waals surface area contributed by atoms with E-state index in [4.69, 9.17) is 14.2 Å². The Kier molecular flexibility index (Phi) is 6.57. The number of rotatable bonds is 5. The molecule has 1 N–H and O–H groups in total. The second kappa shape index (κ2) is 9.54. The van der Waals surface area contributed by atoms with Gasteiger partial charge in [-0.15, -0.1) is 11.3 Å².